The molecule has 156 valence electrons. The van der Waals surface area contributed by atoms with Crippen molar-refractivity contribution in [1.29, 1.82) is 0 Å². The first kappa shape index (κ1) is 20.9. The summed E-state index contributed by atoms with van der Waals surface area (Å²) in [4.78, 5) is 25.9. The topological polar surface area (TPSA) is 86.1 Å². The number of nitrogens with zero attached hydrogens (tertiary/aromatic N) is 3. The number of anilines is 1. The second-order valence-electron chi connectivity index (χ2n) is 6.77. The van der Waals surface area contributed by atoms with Crippen LogP contribution in [-0.4, -0.2) is 39.5 Å². The number of thioether (sulfide) groups is 1. The Morgan fingerprint density at radius 1 is 1.33 bits per heavy atom. The highest BCUT2D eigenvalue weighted by atomic mass is 35.5. The van der Waals surface area contributed by atoms with Crippen molar-refractivity contribution in [3.8, 4) is 11.4 Å². The first-order valence-electron chi connectivity index (χ1n) is 9.28. The van der Waals surface area contributed by atoms with Gasteiger partial charge in [0, 0.05) is 22.5 Å². The number of aromatic nitrogens is 3. The van der Waals surface area contributed by atoms with Crippen molar-refractivity contribution in [2.24, 2.45) is 7.05 Å². The van der Waals surface area contributed by atoms with Gasteiger partial charge in [0.05, 0.1) is 18.4 Å². The zero-order valence-corrected chi connectivity index (χ0v) is 18.8. The van der Waals surface area contributed by atoms with Gasteiger partial charge in [-0.25, -0.2) is 4.79 Å². The summed E-state index contributed by atoms with van der Waals surface area (Å²) in [6.45, 7) is 0. The number of esters is 1. The van der Waals surface area contributed by atoms with E-state index in [4.69, 9.17) is 16.3 Å². The number of rotatable bonds is 6. The minimum atomic E-state index is -0.406. The minimum absolute atomic E-state index is 0.144. The van der Waals surface area contributed by atoms with Crippen LogP contribution in [0.4, 0.5) is 5.00 Å². The van der Waals surface area contributed by atoms with Gasteiger partial charge in [0.15, 0.2) is 11.0 Å². The van der Waals surface area contributed by atoms with Gasteiger partial charge in [-0.2, -0.15) is 0 Å². The van der Waals surface area contributed by atoms with Gasteiger partial charge in [-0.1, -0.05) is 35.5 Å². The van der Waals surface area contributed by atoms with Crippen molar-refractivity contribution in [3.63, 3.8) is 0 Å². The molecule has 3 aromatic rings. The van der Waals surface area contributed by atoms with Gasteiger partial charge >= 0.3 is 5.97 Å². The standard InChI is InChI=1S/C20H19ClN4O3S2/c1-25-17(11-5-3-6-12(21)9-11)23-24-20(25)29-10-15(26)22-18-16(19(27)28-2)13-7-4-8-14(13)30-18/h3,5-6,9H,4,7-8,10H2,1-2H3,(H,22,26). The van der Waals surface area contributed by atoms with Crippen molar-refractivity contribution in [2.75, 3.05) is 18.2 Å². The summed E-state index contributed by atoms with van der Waals surface area (Å²) >= 11 is 8.80. The lowest BCUT2D eigenvalue weighted by molar-refractivity contribution is -0.113. The second kappa shape index (κ2) is 8.79. The Kier molecular flexibility index (Phi) is 6.12. The molecule has 0 radical (unpaired) electrons. The van der Waals surface area contributed by atoms with Crippen molar-refractivity contribution in [2.45, 2.75) is 24.4 Å². The number of amides is 1. The largest absolute Gasteiger partial charge is 0.465 e. The van der Waals surface area contributed by atoms with Crippen LogP contribution in [0.5, 0.6) is 0 Å². The summed E-state index contributed by atoms with van der Waals surface area (Å²) in [5, 5.41) is 13.1. The molecular weight excluding hydrogens is 444 g/mol. The van der Waals surface area contributed by atoms with Gasteiger partial charge in [-0.3, -0.25) is 4.79 Å². The maximum Gasteiger partial charge on any atom is 0.341 e. The molecule has 0 aliphatic heterocycles. The molecule has 10 heteroatoms. The number of aryl methyl sites for hydroxylation is 1. The SMILES string of the molecule is COC(=O)c1c(NC(=O)CSc2nnc(-c3cccc(Cl)c3)n2C)sc2c1CCC2. The van der Waals surface area contributed by atoms with Crippen LogP contribution in [-0.2, 0) is 29.4 Å². The molecule has 0 atom stereocenters. The third-order valence-electron chi connectivity index (χ3n) is 4.81. The molecule has 0 spiro atoms. The normalized spacial score (nSPS) is 12.6. The van der Waals surface area contributed by atoms with E-state index in [1.54, 1.807) is 6.07 Å². The molecule has 0 saturated heterocycles. The average molecular weight is 463 g/mol. The molecule has 2 heterocycles. The molecule has 30 heavy (non-hydrogen) atoms. The van der Waals surface area contributed by atoms with Gasteiger partial charge in [0.1, 0.15) is 5.00 Å². The second-order valence-corrected chi connectivity index (χ2v) is 9.25. The molecule has 0 unspecified atom stereocenters. The van der Waals surface area contributed by atoms with Crippen LogP contribution < -0.4 is 5.32 Å². The lowest BCUT2D eigenvalue weighted by atomic mass is 10.1. The Morgan fingerprint density at radius 2 is 2.17 bits per heavy atom. The lowest BCUT2D eigenvalue weighted by Gasteiger charge is -2.07. The first-order chi connectivity index (χ1) is 14.5. The highest BCUT2D eigenvalue weighted by molar-refractivity contribution is 7.99. The number of hydrogen-bond donors (Lipinski definition) is 1. The number of carbonyl (C=O) groups excluding carboxylic acids is 2. The van der Waals surface area contributed by atoms with Crippen LogP contribution in [0.3, 0.4) is 0 Å². The number of benzene rings is 1. The maximum atomic E-state index is 12.6. The third kappa shape index (κ3) is 4.10. The summed E-state index contributed by atoms with van der Waals surface area (Å²) in [5.74, 6) is 0.197. The van der Waals surface area contributed by atoms with Crippen LogP contribution in [0.15, 0.2) is 29.4 Å². The van der Waals surface area contributed by atoms with E-state index in [1.165, 1.54) is 30.2 Å². The maximum absolute atomic E-state index is 12.6. The van der Waals surface area contributed by atoms with E-state index in [-0.39, 0.29) is 11.7 Å². The van der Waals surface area contributed by atoms with E-state index >= 15 is 0 Å². The molecule has 1 amide bonds. The van der Waals surface area contributed by atoms with Crippen molar-refractivity contribution < 1.29 is 14.3 Å². The highest BCUT2D eigenvalue weighted by Crippen LogP contribution is 2.39. The number of thiophene rings is 1. The lowest BCUT2D eigenvalue weighted by Crippen LogP contribution is -2.16. The summed E-state index contributed by atoms with van der Waals surface area (Å²) in [6, 6.07) is 7.37. The zero-order valence-electron chi connectivity index (χ0n) is 16.4. The van der Waals surface area contributed by atoms with Gasteiger partial charge < -0.3 is 14.6 Å². The van der Waals surface area contributed by atoms with Crippen LogP contribution in [0.1, 0.15) is 27.2 Å². The van der Waals surface area contributed by atoms with Crippen LogP contribution in [0.25, 0.3) is 11.4 Å². The molecule has 7 nitrogen and oxygen atoms in total. The van der Waals surface area contributed by atoms with E-state index in [0.717, 1.165) is 35.3 Å². The van der Waals surface area contributed by atoms with E-state index in [2.05, 4.69) is 15.5 Å². The van der Waals surface area contributed by atoms with Crippen molar-refractivity contribution >= 4 is 51.6 Å². The molecule has 0 fully saturated rings. The van der Waals surface area contributed by atoms with Crippen LogP contribution >= 0.6 is 34.7 Å². The highest BCUT2D eigenvalue weighted by Gasteiger charge is 2.28. The van der Waals surface area contributed by atoms with E-state index in [0.29, 0.717) is 26.6 Å². The molecule has 2 aromatic heterocycles. The average Bonchev–Trinajstić information content (AvgIpc) is 3.40. The smallest absolute Gasteiger partial charge is 0.341 e. The minimum Gasteiger partial charge on any atom is -0.465 e. The third-order valence-corrected chi connectivity index (χ3v) is 7.28. The Bertz CT molecular complexity index is 1130. The molecule has 1 N–H and O–H groups in total. The number of nitrogens with one attached hydrogen (secondary N) is 1. The number of carbonyl (C=O) groups is 2. The van der Waals surface area contributed by atoms with Gasteiger partial charge in [0.2, 0.25) is 5.91 Å². The monoisotopic (exact) mass is 462 g/mol. The van der Waals surface area contributed by atoms with E-state index in [1.807, 2.05) is 29.8 Å². The van der Waals surface area contributed by atoms with Crippen LogP contribution in [0.2, 0.25) is 5.02 Å². The zero-order chi connectivity index (χ0) is 21.3. The summed E-state index contributed by atoms with van der Waals surface area (Å²) in [7, 11) is 3.20. The fraction of sp³-hybridized carbons (Fsp3) is 0.300. The van der Waals surface area contributed by atoms with Gasteiger partial charge in [-0.05, 0) is 37.0 Å². The Morgan fingerprint density at radius 3 is 2.93 bits per heavy atom. The molecule has 0 bridgehead atoms. The van der Waals surface area contributed by atoms with Crippen LogP contribution in [0, 0.1) is 0 Å². The number of methoxy groups -OCH3 is 1. The Balaban J connectivity index is 1.45. The predicted molar refractivity (Wildman–Crippen MR) is 118 cm³/mol. The fourth-order valence-electron chi connectivity index (χ4n) is 3.42. The molecule has 1 aromatic carbocycles. The number of halogens is 1. The summed E-state index contributed by atoms with van der Waals surface area (Å²) in [6.07, 6.45) is 2.79. The summed E-state index contributed by atoms with van der Waals surface area (Å²) in [5.41, 5.74) is 2.36. The Hall–Kier alpha value is -2.36. The molecule has 4 rings (SSSR count). The quantitative estimate of drug-likeness (QED) is 0.436. The summed E-state index contributed by atoms with van der Waals surface area (Å²) < 4.78 is 6.74. The van der Waals surface area contributed by atoms with E-state index in [9.17, 15) is 9.59 Å². The van der Waals surface area contributed by atoms with Gasteiger partial charge in [-0.15, -0.1) is 21.5 Å². The van der Waals surface area contributed by atoms with E-state index < -0.39 is 5.97 Å². The molecule has 1 aliphatic carbocycles. The number of ether oxygens (including phenoxy) is 1. The molecule has 0 saturated carbocycles. The van der Waals surface area contributed by atoms with Gasteiger partial charge in [0.25, 0.3) is 0 Å². The van der Waals surface area contributed by atoms with Crippen molar-refractivity contribution in [3.05, 3.63) is 45.3 Å². The number of hydrogen-bond acceptors (Lipinski definition) is 7. The molecular formula is C20H19ClN4O3S2. The fourth-order valence-corrected chi connectivity index (χ4v) is 5.62. The predicted octanol–water partition coefficient (Wildman–Crippen LogP) is 4.20. The van der Waals surface area contributed by atoms with Crippen molar-refractivity contribution in [1.82, 2.24) is 14.8 Å². The number of fused-ring (bicyclic) bond motifs is 1. The Labute approximate surface area is 186 Å². The first-order valence-corrected chi connectivity index (χ1v) is 11.5. The molecule has 1 aliphatic rings.